The van der Waals surface area contributed by atoms with E-state index in [9.17, 15) is 13.2 Å². The maximum absolute atomic E-state index is 12.9. The van der Waals surface area contributed by atoms with Crippen LogP contribution in [0.3, 0.4) is 0 Å². The van der Waals surface area contributed by atoms with Crippen molar-refractivity contribution < 1.29 is 17.9 Å². The standard InChI is InChI=1S/C14H18F3NO/c1-3-13(2)9-19-12(8-18-13)10-6-4-5-7-11(10)14(15,16)17/h4-7,12,18H,3,8-9H2,1-2H3. The molecule has 1 aromatic carbocycles. The summed E-state index contributed by atoms with van der Waals surface area (Å²) in [6.45, 7) is 4.86. The first-order valence-electron chi connectivity index (χ1n) is 6.38. The number of ether oxygens (including phenoxy) is 1. The summed E-state index contributed by atoms with van der Waals surface area (Å²) in [6, 6.07) is 5.61. The van der Waals surface area contributed by atoms with E-state index in [-0.39, 0.29) is 11.1 Å². The summed E-state index contributed by atoms with van der Waals surface area (Å²) in [4.78, 5) is 0. The lowest BCUT2D eigenvalue weighted by molar-refractivity contribution is -0.140. The van der Waals surface area contributed by atoms with Crippen molar-refractivity contribution in [3.63, 3.8) is 0 Å². The molecule has 0 aliphatic carbocycles. The fourth-order valence-corrected chi connectivity index (χ4v) is 2.20. The number of alkyl halides is 3. The first-order chi connectivity index (χ1) is 8.86. The average molecular weight is 273 g/mol. The highest BCUT2D eigenvalue weighted by Crippen LogP contribution is 2.36. The maximum Gasteiger partial charge on any atom is 0.416 e. The molecule has 0 saturated carbocycles. The topological polar surface area (TPSA) is 21.3 Å². The molecule has 1 fully saturated rings. The van der Waals surface area contributed by atoms with E-state index in [1.807, 2.05) is 13.8 Å². The maximum atomic E-state index is 12.9. The van der Waals surface area contributed by atoms with Crippen molar-refractivity contribution in [2.75, 3.05) is 13.2 Å². The quantitative estimate of drug-likeness (QED) is 0.890. The van der Waals surface area contributed by atoms with Crippen molar-refractivity contribution in [3.8, 4) is 0 Å². The number of benzene rings is 1. The molecule has 0 spiro atoms. The van der Waals surface area contributed by atoms with Gasteiger partial charge in [-0.2, -0.15) is 13.2 Å². The molecule has 19 heavy (non-hydrogen) atoms. The van der Waals surface area contributed by atoms with Gasteiger partial charge >= 0.3 is 6.18 Å². The van der Waals surface area contributed by atoms with E-state index in [0.717, 1.165) is 12.5 Å². The van der Waals surface area contributed by atoms with Gasteiger partial charge in [0.05, 0.1) is 18.3 Å². The molecule has 2 rings (SSSR count). The average Bonchev–Trinajstić information content (AvgIpc) is 2.39. The lowest BCUT2D eigenvalue weighted by Gasteiger charge is -2.38. The van der Waals surface area contributed by atoms with Crippen molar-refractivity contribution in [2.45, 2.75) is 38.1 Å². The largest absolute Gasteiger partial charge is 0.416 e. The van der Waals surface area contributed by atoms with Crippen LogP contribution in [0.1, 0.15) is 37.5 Å². The minimum Gasteiger partial charge on any atom is -0.370 e. The molecule has 2 nitrogen and oxygen atoms in total. The van der Waals surface area contributed by atoms with Crippen LogP contribution in [0, 0.1) is 0 Å². The Bertz CT molecular complexity index is 437. The Labute approximate surface area is 111 Å². The fourth-order valence-electron chi connectivity index (χ4n) is 2.20. The molecular weight excluding hydrogens is 255 g/mol. The second-order valence-electron chi connectivity index (χ2n) is 5.18. The molecule has 2 atom stereocenters. The molecule has 1 aromatic rings. The zero-order valence-electron chi connectivity index (χ0n) is 11.1. The van der Waals surface area contributed by atoms with Gasteiger partial charge in [0, 0.05) is 12.1 Å². The first-order valence-corrected chi connectivity index (χ1v) is 6.38. The molecule has 2 unspecified atom stereocenters. The molecular formula is C14H18F3NO. The smallest absolute Gasteiger partial charge is 0.370 e. The van der Waals surface area contributed by atoms with E-state index in [2.05, 4.69) is 5.32 Å². The van der Waals surface area contributed by atoms with Crippen LogP contribution in [-0.2, 0) is 10.9 Å². The Hall–Kier alpha value is -1.07. The van der Waals surface area contributed by atoms with E-state index < -0.39 is 17.8 Å². The number of rotatable bonds is 2. The summed E-state index contributed by atoms with van der Waals surface area (Å²) in [7, 11) is 0. The number of hydrogen-bond acceptors (Lipinski definition) is 2. The van der Waals surface area contributed by atoms with Gasteiger partial charge in [-0.15, -0.1) is 0 Å². The van der Waals surface area contributed by atoms with Gasteiger partial charge < -0.3 is 10.1 Å². The molecule has 5 heteroatoms. The Kier molecular flexibility index (Phi) is 3.87. The monoisotopic (exact) mass is 273 g/mol. The number of halogens is 3. The highest BCUT2D eigenvalue weighted by Gasteiger charge is 2.37. The molecule has 1 N–H and O–H groups in total. The van der Waals surface area contributed by atoms with Crippen LogP contribution >= 0.6 is 0 Å². The molecule has 106 valence electrons. The van der Waals surface area contributed by atoms with E-state index in [0.29, 0.717) is 13.2 Å². The SMILES string of the molecule is CCC1(C)COC(c2ccccc2C(F)(F)F)CN1. The second kappa shape index (κ2) is 5.13. The van der Waals surface area contributed by atoms with E-state index in [1.165, 1.54) is 12.1 Å². The molecule has 0 aromatic heterocycles. The minimum absolute atomic E-state index is 0.149. The van der Waals surface area contributed by atoms with Gasteiger partial charge in [-0.3, -0.25) is 0 Å². The van der Waals surface area contributed by atoms with Gasteiger partial charge in [0.25, 0.3) is 0 Å². The molecule has 1 aliphatic heterocycles. The lowest BCUT2D eigenvalue weighted by atomic mass is 9.95. The van der Waals surface area contributed by atoms with Crippen LogP contribution in [-0.4, -0.2) is 18.7 Å². The van der Waals surface area contributed by atoms with Crippen molar-refractivity contribution in [2.24, 2.45) is 0 Å². The Morgan fingerprint density at radius 3 is 2.58 bits per heavy atom. The Morgan fingerprint density at radius 2 is 2.05 bits per heavy atom. The van der Waals surface area contributed by atoms with Crippen molar-refractivity contribution in [3.05, 3.63) is 35.4 Å². The summed E-state index contributed by atoms with van der Waals surface area (Å²) >= 11 is 0. The van der Waals surface area contributed by atoms with Gasteiger partial charge in [-0.05, 0) is 25.0 Å². The van der Waals surface area contributed by atoms with Gasteiger partial charge in [-0.25, -0.2) is 0 Å². The van der Waals surface area contributed by atoms with Gasteiger partial charge in [0.1, 0.15) is 0 Å². The molecule has 0 amide bonds. The van der Waals surface area contributed by atoms with Crippen molar-refractivity contribution in [1.82, 2.24) is 5.32 Å². The number of nitrogens with one attached hydrogen (secondary N) is 1. The van der Waals surface area contributed by atoms with Crippen LogP contribution in [0.25, 0.3) is 0 Å². The predicted molar refractivity (Wildman–Crippen MR) is 66.8 cm³/mol. The van der Waals surface area contributed by atoms with Gasteiger partial charge in [-0.1, -0.05) is 25.1 Å². The highest BCUT2D eigenvalue weighted by atomic mass is 19.4. The summed E-state index contributed by atoms with van der Waals surface area (Å²) in [5, 5.41) is 3.28. The molecule has 1 heterocycles. The summed E-state index contributed by atoms with van der Waals surface area (Å²) in [5.41, 5.74) is -0.550. The van der Waals surface area contributed by atoms with E-state index in [4.69, 9.17) is 4.74 Å². The fraction of sp³-hybridized carbons (Fsp3) is 0.571. The summed E-state index contributed by atoms with van der Waals surface area (Å²) in [6.07, 6.45) is -4.01. The second-order valence-corrected chi connectivity index (χ2v) is 5.18. The Balaban J connectivity index is 2.21. The third-order valence-electron chi connectivity index (χ3n) is 3.71. The normalized spacial score (nSPS) is 28.4. The highest BCUT2D eigenvalue weighted by molar-refractivity contribution is 5.32. The zero-order valence-corrected chi connectivity index (χ0v) is 11.1. The molecule has 1 saturated heterocycles. The van der Waals surface area contributed by atoms with Crippen molar-refractivity contribution in [1.29, 1.82) is 0 Å². The summed E-state index contributed by atoms with van der Waals surface area (Å²) < 4.78 is 44.5. The lowest BCUT2D eigenvalue weighted by Crippen LogP contribution is -2.52. The minimum atomic E-state index is -4.34. The Morgan fingerprint density at radius 1 is 1.37 bits per heavy atom. The number of hydrogen-bond donors (Lipinski definition) is 1. The predicted octanol–water partition coefficient (Wildman–Crippen LogP) is 3.54. The van der Waals surface area contributed by atoms with E-state index in [1.54, 1.807) is 6.07 Å². The van der Waals surface area contributed by atoms with Crippen LogP contribution in [0.4, 0.5) is 13.2 Å². The number of morpholine rings is 1. The first kappa shape index (κ1) is 14.3. The van der Waals surface area contributed by atoms with E-state index >= 15 is 0 Å². The molecule has 1 aliphatic rings. The van der Waals surface area contributed by atoms with Crippen LogP contribution in [0.2, 0.25) is 0 Å². The van der Waals surface area contributed by atoms with Gasteiger partial charge in [0.2, 0.25) is 0 Å². The third kappa shape index (κ3) is 3.09. The van der Waals surface area contributed by atoms with Crippen LogP contribution in [0.5, 0.6) is 0 Å². The zero-order chi connectivity index (χ0) is 14.1. The molecule has 0 bridgehead atoms. The third-order valence-corrected chi connectivity index (χ3v) is 3.71. The van der Waals surface area contributed by atoms with Gasteiger partial charge in [0.15, 0.2) is 0 Å². The molecule has 0 radical (unpaired) electrons. The summed E-state index contributed by atoms with van der Waals surface area (Å²) in [5.74, 6) is 0. The van der Waals surface area contributed by atoms with Crippen molar-refractivity contribution >= 4 is 0 Å². The van der Waals surface area contributed by atoms with Crippen LogP contribution in [0.15, 0.2) is 24.3 Å². The van der Waals surface area contributed by atoms with Crippen LogP contribution < -0.4 is 5.32 Å².